The van der Waals surface area contributed by atoms with E-state index in [1.165, 1.54) is 0 Å². The molecule has 2 unspecified atom stereocenters. The van der Waals surface area contributed by atoms with Crippen LogP contribution in [0.4, 0.5) is 0 Å². The molecule has 0 aromatic heterocycles. The van der Waals surface area contributed by atoms with Gasteiger partial charge in [-0.25, -0.2) is 0 Å². The summed E-state index contributed by atoms with van der Waals surface area (Å²) in [5.74, 6) is -0.571. The summed E-state index contributed by atoms with van der Waals surface area (Å²) < 4.78 is 0. The zero-order valence-corrected chi connectivity index (χ0v) is 11.9. The molecule has 1 saturated heterocycles. The van der Waals surface area contributed by atoms with Gasteiger partial charge in [0.05, 0.1) is 0 Å². The Balaban J connectivity index is 0.00000144. The van der Waals surface area contributed by atoms with Crippen molar-refractivity contribution in [2.45, 2.75) is 32.2 Å². The summed E-state index contributed by atoms with van der Waals surface area (Å²) in [6.45, 7) is 3.15. The van der Waals surface area contributed by atoms with Crippen molar-refractivity contribution in [3.63, 3.8) is 0 Å². The van der Waals surface area contributed by atoms with E-state index in [-0.39, 0.29) is 57.8 Å². The number of hydrogen-bond donors (Lipinski definition) is 0. The van der Waals surface area contributed by atoms with Gasteiger partial charge in [-0.15, -0.1) is 0 Å². The summed E-state index contributed by atoms with van der Waals surface area (Å²) in [5.41, 5.74) is 0. The van der Waals surface area contributed by atoms with Gasteiger partial charge in [-0.3, -0.25) is 0 Å². The van der Waals surface area contributed by atoms with Crippen molar-refractivity contribution in [1.82, 2.24) is 4.90 Å². The second-order valence-corrected chi connectivity index (χ2v) is 3.80. The molecule has 2 atom stereocenters. The number of carbonyl (C=O) groups is 1. The minimum atomic E-state index is -0.906. The van der Waals surface area contributed by atoms with E-state index < -0.39 is 5.97 Å². The monoisotopic (exact) mass is 209 g/mol. The molecule has 1 aliphatic rings. The van der Waals surface area contributed by atoms with Crippen molar-refractivity contribution in [3.05, 3.63) is 0 Å². The summed E-state index contributed by atoms with van der Waals surface area (Å²) in [6.07, 6.45) is 2.22. The van der Waals surface area contributed by atoms with E-state index in [2.05, 4.69) is 18.9 Å². The predicted octanol–water partition coefficient (Wildman–Crippen LogP) is -3.14. The van der Waals surface area contributed by atoms with Gasteiger partial charge in [0.15, 0.2) is 0 Å². The first-order chi connectivity index (χ1) is 5.59. The smallest absolute Gasteiger partial charge is 0.550 e. The van der Waals surface area contributed by atoms with E-state index in [9.17, 15) is 9.90 Å². The molecule has 13 heavy (non-hydrogen) atoms. The second-order valence-electron chi connectivity index (χ2n) is 3.80. The Bertz CT molecular complexity index is 175. The van der Waals surface area contributed by atoms with E-state index in [4.69, 9.17) is 0 Å². The third kappa shape index (κ3) is 4.90. The third-order valence-corrected chi connectivity index (χ3v) is 2.77. The second kappa shape index (κ2) is 6.53. The van der Waals surface area contributed by atoms with Crippen LogP contribution in [0.1, 0.15) is 26.2 Å². The minimum absolute atomic E-state index is 0. The molecule has 70 valence electrons. The molecule has 1 fully saturated rings. The number of likely N-dealkylation sites (tertiary alicyclic amines) is 1. The van der Waals surface area contributed by atoms with Gasteiger partial charge in [0.1, 0.15) is 0 Å². The Kier molecular flexibility index (Phi) is 7.07. The van der Waals surface area contributed by atoms with Crippen LogP contribution in [-0.2, 0) is 4.79 Å². The Hall–Kier alpha value is 1.07. The van der Waals surface area contributed by atoms with Gasteiger partial charge >= 0.3 is 51.4 Å². The molecule has 1 rings (SSSR count). The normalized spacial score (nSPS) is 29.4. The summed E-state index contributed by atoms with van der Waals surface area (Å²) >= 11 is 0. The van der Waals surface area contributed by atoms with Crippen LogP contribution in [0, 0.1) is 5.92 Å². The van der Waals surface area contributed by atoms with Gasteiger partial charge in [-0.1, -0.05) is 0 Å². The molecule has 0 bridgehead atoms. The fraction of sp³-hybridized carbons (Fsp3) is 0.889. The maximum atomic E-state index is 10.3. The minimum Gasteiger partial charge on any atom is -0.550 e. The first kappa shape index (κ1) is 14.1. The van der Waals surface area contributed by atoms with Crippen molar-refractivity contribution < 1.29 is 61.3 Å². The van der Waals surface area contributed by atoms with Crippen LogP contribution >= 0.6 is 0 Å². The molecule has 1 aliphatic heterocycles. The van der Waals surface area contributed by atoms with Crippen LogP contribution in [0.15, 0.2) is 0 Å². The van der Waals surface area contributed by atoms with Gasteiger partial charge in [0.25, 0.3) is 0 Å². The summed E-state index contributed by atoms with van der Waals surface area (Å²) in [5, 5.41) is 10.3. The molecule has 0 aromatic rings. The van der Waals surface area contributed by atoms with Gasteiger partial charge in [-0.05, 0) is 45.7 Å². The van der Waals surface area contributed by atoms with Crippen LogP contribution in [-0.4, -0.2) is 30.5 Å². The number of carboxylic acid groups (broad SMARTS) is 1. The molecule has 3 nitrogen and oxygen atoms in total. The molecule has 0 N–H and O–H groups in total. The Labute approximate surface area is 122 Å². The van der Waals surface area contributed by atoms with Crippen molar-refractivity contribution in [2.75, 3.05) is 13.6 Å². The molecule has 0 spiro atoms. The molecule has 0 saturated carbocycles. The average molecular weight is 209 g/mol. The topological polar surface area (TPSA) is 43.4 Å². The number of piperidine rings is 1. The van der Waals surface area contributed by atoms with E-state index in [0.29, 0.717) is 12.0 Å². The number of rotatable bonds is 2. The van der Waals surface area contributed by atoms with Crippen LogP contribution in [0.5, 0.6) is 0 Å². The number of nitrogens with zero attached hydrogens (tertiary/aromatic N) is 1. The Morgan fingerprint density at radius 2 is 2.23 bits per heavy atom. The van der Waals surface area contributed by atoms with Gasteiger partial charge < -0.3 is 14.8 Å². The van der Waals surface area contributed by atoms with E-state index in [1.807, 2.05) is 0 Å². The molecule has 4 heteroatoms. The summed E-state index contributed by atoms with van der Waals surface area (Å²) in [4.78, 5) is 12.6. The number of hydrogen-bond acceptors (Lipinski definition) is 3. The zero-order valence-electron chi connectivity index (χ0n) is 8.75. The largest absolute Gasteiger partial charge is 1.00 e. The molecule has 0 aromatic carbocycles. The predicted molar refractivity (Wildman–Crippen MR) is 44.4 cm³/mol. The average Bonchev–Trinajstić information content (AvgIpc) is 1.96. The van der Waals surface area contributed by atoms with E-state index in [1.54, 1.807) is 0 Å². The van der Waals surface area contributed by atoms with Crippen LogP contribution in [0.3, 0.4) is 0 Å². The molecular formula is C9H16KNO2. The quantitative estimate of drug-likeness (QED) is 0.452. The maximum absolute atomic E-state index is 10.3. The zero-order chi connectivity index (χ0) is 9.14. The van der Waals surface area contributed by atoms with Crippen LogP contribution in [0.25, 0.3) is 0 Å². The maximum Gasteiger partial charge on any atom is 1.00 e. The number of carbonyl (C=O) groups excluding carboxylic acids is 1. The summed E-state index contributed by atoms with van der Waals surface area (Å²) in [7, 11) is 2.08. The summed E-state index contributed by atoms with van der Waals surface area (Å²) in [6, 6.07) is 0.517. The Morgan fingerprint density at radius 3 is 2.69 bits per heavy atom. The van der Waals surface area contributed by atoms with E-state index in [0.717, 1.165) is 19.4 Å². The molecule has 0 aliphatic carbocycles. The Morgan fingerprint density at radius 1 is 1.62 bits per heavy atom. The van der Waals surface area contributed by atoms with Crippen molar-refractivity contribution in [1.29, 1.82) is 0 Å². The molecule has 1 heterocycles. The van der Waals surface area contributed by atoms with Crippen molar-refractivity contribution in [3.8, 4) is 0 Å². The van der Waals surface area contributed by atoms with Crippen molar-refractivity contribution >= 4 is 5.97 Å². The fourth-order valence-electron chi connectivity index (χ4n) is 1.81. The van der Waals surface area contributed by atoms with E-state index >= 15 is 0 Å². The number of carboxylic acids is 1. The van der Waals surface area contributed by atoms with Gasteiger partial charge in [0.2, 0.25) is 0 Å². The standard InChI is InChI=1S/C9H17NO2.K/c1-7-5-8(6-9(11)12)3-4-10(7)2;/h7-8H,3-6H2,1-2H3,(H,11,12);/q;+1/p-1. The SMILES string of the molecule is CC1CC(CC(=O)[O-])CCN1C.[K+]. The third-order valence-electron chi connectivity index (χ3n) is 2.77. The molecule has 0 radical (unpaired) electrons. The van der Waals surface area contributed by atoms with Crippen LogP contribution < -0.4 is 56.5 Å². The van der Waals surface area contributed by atoms with Crippen LogP contribution in [0.2, 0.25) is 0 Å². The molecular weight excluding hydrogens is 193 g/mol. The fourth-order valence-corrected chi connectivity index (χ4v) is 1.81. The first-order valence-corrected chi connectivity index (χ1v) is 4.49. The molecule has 0 amide bonds. The van der Waals surface area contributed by atoms with Gasteiger partial charge in [0, 0.05) is 12.0 Å². The first-order valence-electron chi connectivity index (χ1n) is 4.49. The number of aliphatic carboxylic acids is 1. The van der Waals surface area contributed by atoms with Crippen molar-refractivity contribution in [2.24, 2.45) is 5.92 Å². The van der Waals surface area contributed by atoms with Gasteiger partial charge in [-0.2, -0.15) is 0 Å².